The van der Waals surface area contributed by atoms with Crippen LogP contribution < -0.4 is 20.5 Å². The molecular weight excluding hydrogens is 468 g/mol. The molecule has 170 valence electrons. The highest BCUT2D eigenvalue weighted by atomic mass is 35.5. The predicted octanol–water partition coefficient (Wildman–Crippen LogP) is 4.11. The summed E-state index contributed by atoms with van der Waals surface area (Å²) in [5, 5.41) is 13.2. The number of aromatic carboxylic acids is 1. The second-order valence-electron chi connectivity index (χ2n) is 7.33. The van der Waals surface area contributed by atoms with Crippen molar-refractivity contribution in [1.82, 2.24) is 0 Å². The van der Waals surface area contributed by atoms with E-state index in [1.54, 1.807) is 42.5 Å². The quantitative estimate of drug-likeness (QED) is 0.461. The van der Waals surface area contributed by atoms with Crippen molar-refractivity contribution < 1.29 is 29.0 Å². The lowest BCUT2D eigenvalue weighted by molar-refractivity contribution is -0.120. The minimum absolute atomic E-state index is 0.119. The van der Waals surface area contributed by atoms with Crippen LogP contribution in [0.3, 0.4) is 0 Å². The van der Waals surface area contributed by atoms with Crippen LogP contribution in [0.15, 0.2) is 42.5 Å². The Morgan fingerprint density at radius 3 is 2.58 bits per heavy atom. The van der Waals surface area contributed by atoms with Crippen LogP contribution in [-0.2, 0) is 9.59 Å². The predicted molar refractivity (Wildman–Crippen MR) is 124 cm³/mol. The Kier molecular flexibility index (Phi) is 6.26. The molecule has 1 atom stereocenters. The van der Waals surface area contributed by atoms with E-state index in [-0.39, 0.29) is 23.8 Å². The summed E-state index contributed by atoms with van der Waals surface area (Å²) in [7, 11) is 1.47. The molecule has 0 aliphatic carbocycles. The average Bonchev–Trinajstić information content (AvgIpc) is 3.17. The number of carboxylic acid groups (broad SMARTS) is 1. The molecule has 0 radical (unpaired) electrons. The normalized spacial score (nSPS) is 14.8. The second kappa shape index (κ2) is 9.13. The maximum atomic E-state index is 12.7. The fourth-order valence-corrected chi connectivity index (χ4v) is 5.14. The molecule has 2 amide bonds. The van der Waals surface area contributed by atoms with Gasteiger partial charge < -0.3 is 25.6 Å². The van der Waals surface area contributed by atoms with Gasteiger partial charge in [-0.05, 0) is 35.4 Å². The number of anilines is 1. The number of halogens is 1. The van der Waals surface area contributed by atoms with E-state index in [0.717, 1.165) is 11.3 Å². The number of nitrogens with one attached hydrogen (secondary N) is 1. The minimum Gasteiger partial charge on any atom is -0.493 e. The number of methoxy groups -OCH3 is 1. The number of carboxylic acids is 1. The highest BCUT2D eigenvalue weighted by Crippen LogP contribution is 2.50. The number of fused-ring (bicyclic) bond motifs is 1. The van der Waals surface area contributed by atoms with Crippen LogP contribution in [0.25, 0.3) is 11.1 Å². The van der Waals surface area contributed by atoms with Gasteiger partial charge in [0, 0.05) is 27.8 Å². The van der Waals surface area contributed by atoms with Crippen LogP contribution >= 0.6 is 22.9 Å². The highest BCUT2D eigenvalue weighted by molar-refractivity contribution is 7.15. The van der Waals surface area contributed by atoms with E-state index >= 15 is 0 Å². The summed E-state index contributed by atoms with van der Waals surface area (Å²) in [6, 6.07) is 11.9. The van der Waals surface area contributed by atoms with Crippen LogP contribution in [0, 0.1) is 0 Å². The molecule has 33 heavy (non-hydrogen) atoms. The van der Waals surface area contributed by atoms with Crippen LogP contribution in [0.2, 0.25) is 5.02 Å². The van der Waals surface area contributed by atoms with Crippen LogP contribution in [-0.4, -0.2) is 36.6 Å². The maximum Gasteiger partial charge on any atom is 0.346 e. The van der Waals surface area contributed by atoms with Gasteiger partial charge in [-0.1, -0.05) is 29.8 Å². The lowest BCUT2D eigenvalue weighted by Crippen LogP contribution is -2.23. The molecule has 8 nitrogen and oxygen atoms in total. The van der Waals surface area contributed by atoms with Crippen molar-refractivity contribution in [2.45, 2.75) is 12.3 Å². The van der Waals surface area contributed by atoms with Crippen LogP contribution in [0.1, 0.15) is 32.5 Å². The summed E-state index contributed by atoms with van der Waals surface area (Å²) >= 11 is 7.11. The van der Waals surface area contributed by atoms with Crippen LogP contribution in [0.5, 0.6) is 11.5 Å². The number of nitrogens with two attached hydrogens (primary N) is 1. The molecule has 2 heterocycles. The summed E-state index contributed by atoms with van der Waals surface area (Å²) in [5.41, 5.74) is 7.45. The SMILES string of the molecule is COc1ccc(C2CC(=O)Nc3c2sc(C(=O)O)c3-c2ccc(Cl)cc2)cc1OCC(N)=O. The lowest BCUT2D eigenvalue weighted by atomic mass is 9.88. The zero-order valence-corrected chi connectivity index (χ0v) is 19.0. The third-order valence-electron chi connectivity index (χ3n) is 5.19. The number of hydrogen-bond acceptors (Lipinski definition) is 6. The number of hydrogen-bond donors (Lipinski definition) is 3. The van der Waals surface area contributed by atoms with E-state index in [9.17, 15) is 19.5 Å². The van der Waals surface area contributed by atoms with E-state index in [2.05, 4.69) is 5.32 Å². The molecule has 4 N–H and O–H groups in total. The first kappa shape index (κ1) is 22.6. The van der Waals surface area contributed by atoms with E-state index in [4.69, 9.17) is 26.8 Å². The van der Waals surface area contributed by atoms with Gasteiger partial charge in [0.15, 0.2) is 18.1 Å². The van der Waals surface area contributed by atoms with Crippen molar-refractivity contribution in [2.75, 3.05) is 19.0 Å². The second-order valence-corrected chi connectivity index (χ2v) is 8.82. The van der Waals surface area contributed by atoms with Gasteiger partial charge in [0.25, 0.3) is 5.91 Å². The van der Waals surface area contributed by atoms with Gasteiger partial charge in [0.2, 0.25) is 5.91 Å². The third-order valence-corrected chi connectivity index (χ3v) is 6.74. The van der Waals surface area contributed by atoms with E-state index in [1.807, 2.05) is 0 Å². The number of carbonyl (C=O) groups excluding carboxylic acids is 2. The van der Waals surface area contributed by atoms with Crippen molar-refractivity contribution in [2.24, 2.45) is 5.73 Å². The van der Waals surface area contributed by atoms with E-state index < -0.39 is 17.8 Å². The number of benzene rings is 2. The molecule has 1 aromatic heterocycles. The molecule has 0 saturated carbocycles. The summed E-state index contributed by atoms with van der Waals surface area (Å²) in [4.78, 5) is 36.7. The first-order valence-corrected chi connectivity index (χ1v) is 11.0. The molecule has 0 spiro atoms. The van der Waals surface area contributed by atoms with Gasteiger partial charge in [-0.25, -0.2) is 4.79 Å². The molecular formula is C23H19ClN2O6S. The van der Waals surface area contributed by atoms with Crippen LogP contribution in [0.4, 0.5) is 5.69 Å². The molecule has 2 aromatic carbocycles. The topological polar surface area (TPSA) is 128 Å². The Balaban J connectivity index is 1.84. The van der Waals surface area contributed by atoms with Gasteiger partial charge >= 0.3 is 5.97 Å². The van der Waals surface area contributed by atoms with Gasteiger partial charge in [0.05, 0.1) is 12.8 Å². The van der Waals surface area contributed by atoms with Crippen molar-refractivity contribution in [1.29, 1.82) is 0 Å². The molecule has 4 rings (SSSR count). The standard InChI is InChI=1S/C23H19ClN2O6S/c1-31-15-7-4-12(8-16(15)32-10-17(25)27)14-9-18(28)26-20-19(11-2-5-13(24)6-3-11)22(23(29)30)33-21(14)20/h2-8,14H,9-10H2,1H3,(H2,25,27)(H,26,28)(H,29,30). The van der Waals surface area contributed by atoms with Gasteiger partial charge in [-0.3, -0.25) is 9.59 Å². The number of amides is 2. The zero-order chi connectivity index (χ0) is 23.7. The van der Waals surface area contributed by atoms with Crippen molar-refractivity contribution >= 4 is 46.4 Å². The Labute approximate surface area is 197 Å². The van der Waals surface area contributed by atoms with Gasteiger partial charge in [-0.15, -0.1) is 11.3 Å². The molecule has 10 heteroatoms. The van der Waals surface area contributed by atoms with Gasteiger partial charge in [0.1, 0.15) is 4.88 Å². The largest absolute Gasteiger partial charge is 0.493 e. The number of thiophene rings is 1. The minimum atomic E-state index is -1.09. The summed E-state index contributed by atoms with van der Waals surface area (Å²) < 4.78 is 10.8. The first-order valence-electron chi connectivity index (χ1n) is 9.83. The van der Waals surface area contributed by atoms with Crippen molar-refractivity contribution in [3.8, 4) is 22.6 Å². The molecule has 1 aliphatic heterocycles. The zero-order valence-electron chi connectivity index (χ0n) is 17.4. The monoisotopic (exact) mass is 486 g/mol. The summed E-state index contributed by atoms with van der Waals surface area (Å²) in [6.07, 6.45) is 0.119. The first-order chi connectivity index (χ1) is 15.8. The molecule has 1 unspecified atom stereocenters. The summed E-state index contributed by atoms with van der Waals surface area (Å²) in [6.45, 7) is -0.334. The van der Waals surface area contributed by atoms with Gasteiger partial charge in [-0.2, -0.15) is 0 Å². The number of rotatable bonds is 7. The summed E-state index contributed by atoms with van der Waals surface area (Å²) in [5.74, 6) is -1.69. The Bertz CT molecular complexity index is 1250. The third kappa shape index (κ3) is 4.50. The van der Waals surface area contributed by atoms with Crippen molar-refractivity contribution in [3.63, 3.8) is 0 Å². The van der Waals surface area contributed by atoms with Crippen molar-refractivity contribution in [3.05, 3.63) is 62.8 Å². The highest BCUT2D eigenvalue weighted by Gasteiger charge is 2.34. The average molecular weight is 487 g/mol. The smallest absolute Gasteiger partial charge is 0.346 e. The number of carbonyl (C=O) groups is 3. The Morgan fingerprint density at radius 2 is 1.94 bits per heavy atom. The maximum absolute atomic E-state index is 12.7. The fourth-order valence-electron chi connectivity index (χ4n) is 3.77. The Hall–Kier alpha value is -3.56. The molecule has 0 saturated heterocycles. The van der Waals surface area contributed by atoms with E-state index in [1.165, 1.54) is 7.11 Å². The Morgan fingerprint density at radius 1 is 1.21 bits per heavy atom. The molecule has 0 fully saturated rings. The molecule has 0 bridgehead atoms. The fraction of sp³-hybridized carbons (Fsp3) is 0.174. The molecule has 3 aromatic rings. The molecule has 1 aliphatic rings. The van der Waals surface area contributed by atoms with E-state index in [0.29, 0.717) is 43.8 Å². The lowest BCUT2D eigenvalue weighted by Gasteiger charge is -2.24. The number of ether oxygens (including phenoxy) is 2. The number of primary amides is 1.